The van der Waals surface area contributed by atoms with Crippen LogP contribution in [0.25, 0.3) is 11.0 Å². The van der Waals surface area contributed by atoms with Crippen LogP contribution in [0.4, 0.5) is 0 Å². The number of rotatable bonds is 4. The Kier molecular flexibility index (Phi) is 4.38. The second-order valence-electron chi connectivity index (χ2n) is 7.60. The highest BCUT2D eigenvalue weighted by Crippen LogP contribution is 2.29. The van der Waals surface area contributed by atoms with Crippen LogP contribution in [0.15, 0.2) is 18.2 Å². The number of hydrogen-bond donors (Lipinski definition) is 2. The fourth-order valence-electron chi connectivity index (χ4n) is 3.59. The third kappa shape index (κ3) is 2.81. The van der Waals surface area contributed by atoms with Gasteiger partial charge in [0.15, 0.2) is 0 Å². The Morgan fingerprint density at radius 2 is 2.21 bits per heavy atom. The SMILES string of the molecule is CCC1C(C)CCN1C(=O)c1ccc2nc(C(C)(C)CO)[nH]c2c1. The summed E-state index contributed by atoms with van der Waals surface area (Å²) in [6, 6.07) is 5.96. The maximum absolute atomic E-state index is 12.9. The zero-order chi connectivity index (χ0) is 17.5. The summed E-state index contributed by atoms with van der Waals surface area (Å²) in [5.74, 6) is 1.41. The minimum Gasteiger partial charge on any atom is -0.395 e. The summed E-state index contributed by atoms with van der Waals surface area (Å²) in [6.45, 7) is 9.10. The number of nitrogens with zero attached hydrogens (tertiary/aromatic N) is 2. The van der Waals surface area contributed by atoms with E-state index in [4.69, 9.17) is 0 Å². The van der Waals surface area contributed by atoms with Crippen molar-refractivity contribution in [3.05, 3.63) is 29.6 Å². The van der Waals surface area contributed by atoms with Crippen molar-refractivity contribution in [3.63, 3.8) is 0 Å². The highest BCUT2D eigenvalue weighted by Gasteiger charge is 2.33. The molecule has 0 aliphatic carbocycles. The lowest BCUT2D eigenvalue weighted by Crippen LogP contribution is -2.37. The molecule has 1 fully saturated rings. The van der Waals surface area contributed by atoms with Crippen LogP contribution in [0.2, 0.25) is 0 Å². The van der Waals surface area contributed by atoms with E-state index in [9.17, 15) is 9.90 Å². The quantitative estimate of drug-likeness (QED) is 0.905. The molecule has 2 atom stereocenters. The summed E-state index contributed by atoms with van der Waals surface area (Å²) in [5, 5.41) is 9.52. The number of aliphatic hydroxyl groups excluding tert-OH is 1. The summed E-state index contributed by atoms with van der Waals surface area (Å²) in [7, 11) is 0. The molecule has 0 bridgehead atoms. The van der Waals surface area contributed by atoms with Gasteiger partial charge in [-0.2, -0.15) is 0 Å². The number of H-pyrrole nitrogens is 1. The number of amides is 1. The molecular weight excluding hydrogens is 302 g/mol. The first-order valence-corrected chi connectivity index (χ1v) is 8.79. The zero-order valence-corrected chi connectivity index (χ0v) is 15.0. The first kappa shape index (κ1) is 17.0. The van der Waals surface area contributed by atoms with E-state index >= 15 is 0 Å². The summed E-state index contributed by atoms with van der Waals surface area (Å²) < 4.78 is 0. The van der Waals surface area contributed by atoms with E-state index in [1.165, 1.54) is 0 Å². The van der Waals surface area contributed by atoms with Crippen LogP contribution >= 0.6 is 0 Å². The maximum atomic E-state index is 12.9. The van der Waals surface area contributed by atoms with Gasteiger partial charge >= 0.3 is 0 Å². The molecule has 1 saturated heterocycles. The molecule has 0 spiro atoms. The van der Waals surface area contributed by atoms with E-state index < -0.39 is 5.41 Å². The van der Waals surface area contributed by atoms with Crippen molar-refractivity contribution in [1.82, 2.24) is 14.9 Å². The number of likely N-dealkylation sites (tertiary alicyclic amines) is 1. The minimum atomic E-state index is -0.430. The second kappa shape index (κ2) is 6.20. The molecule has 2 aromatic rings. The van der Waals surface area contributed by atoms with Crippen molar-refractivity contribution in [2.24, 2.45) is 5.92 Å². The molecule has 5 nitrogen and oxygen atoms in total. The van der Waals surface area contributed by atoms with Crippen LogP contribution in [-0.2, 0) is 5.41 Å². The van der Waals surface area contributed by atoms with E-state index in [0.29, 0.717) is 17.5 Å². The summed E-state index contributed by atoms with van der Waals surface area (Å²) in [5.41, 5.74) is 1.94. The molecule has 3 rings (SSSR count). The van der Waals surface area contributed by atoms with Gasteiger partial charge in [-0.3, -0.25) is 4.79 Å². The number of fused-ring (bicyclic) bond motifs is 1. The van der Waals surface area contributed by atoms with Gasteiger partial charge in [0.2, 0.25) is 0 Å². The van der Waals surface area contributed by atoms with Gasteiger partial charge in [0.25, 0.3) is 5.91 Å². The lowest BCUT2D eigenvalue weighted by Gasteiger charge is -2.26. The predicted octanol–water partition coefficient (Wildman–Crippen LogP) is 3.09. The Morgan fingerprint density at radius 1 is 1.46 bits per heavy atom. The monoisotopic (exact) mass is 329 g/mol. The number of hydrogen-bond acceptors (Lipinski definition) is 3. The van der Waals surface area contributed by atoms with Crippen LogP contribution in [0, 0.1) is 5.92 Å². The average Bonchev–Trinajstić information content (AvgIpc) is 3.16. The summed E-state index contributed by atoms with van der Waals surface area (Å²) in [6.07, 6.45) is 2.07. The molecule has 1 amide bonds. The normalized spacial score (nSPS) is 21.6. The molecule has 1 aromatic carbocycles. The molecule has 2 N–H and O–H groups in total. The lowest BCUT2D eigenvalue weighted by molar-refractivity contribution is 0.0718. The maximum Gasteiger partial charge on any atom is 0.254 e. The molecule has 1 aromatic heterocycles. The first-order chi connectivity index (χ1) is 11.4. The molecule has 2 heterocycles. The Balaban J connectivity index is 1.92. The predicted molar refractivity (Wildman–Crippen MR) is 95.1 cm³/mol. The van der Waals surface area contributed by atoms with E-state index in [1.807, 2.05) is 36.9 Å². The molecule has 130 valence electrons. The van der Waals surface area contributed by atoms with E-state index in [0.717, 1.165) is 36.2 Å². The number of aliphatic hydroxyl groups is 1. The molecule has 1 aliphatic rings. The third-order valence-corrected chi connectivity index (χ3v) is 5.33. The number of aromatic nitrogens is 2. The van der Waals surface area contributed by atoms with E-state index in [1.54, 1.807) is 0 Å². The Hall–Kier alpha value is -1.88. The average molecular weight is 329 g/mol. The zero-order valence-electron chi connectivity index (χ0n) is 15.0. The van der Waals surface area contributed by atoms with Gasteiger partial charge in [-0.1, -0.05) is 27.7 Å². The van der Waals surface area contributed by atoms with Crippen molar-refractivity contribution in [2.45, 2.75) is 52.0 Å². The third-order valence-electron chi connectivity index (χ3n) is 5.33. The van der Waals surface area contributed by atoms with E-state index in [2.05, 4.69) is 23.8 Å². The number of benzene rings is 1. The Labute approximate surface area is 143 Å². The molecule has 2 unspecified atom stereocenters. The van der Waals surface area contributed by atoms with Gasteiger partial charge in [-0.05, 0) is 37.0 Å². The highest BCUT2D eigenvalue weighted by molar-refractivity contribution is 5.97. The van der Waals surface area contributed by atoms with Crippen molar-refractivity contribution < 1.29 is 9.90 Å². The minimum absolute atomic E-state index is 0.0163. The largest absolute Gasteiger partial charge is 0.395 e. The van der Waals surface area contributed by atoms with Crippen LogP contribution < -0.4 is 0 Å². The van der Waals surface area contributed by atoms with Gasteiger partial charge in [0.05, 0.1) is 17.6 Å². The summed E-state index contributed by atoms with van der Waals surface area (Å²) >= 11 is 0. The first-order valence-electron chi connectivity index (χ1n) is 8.79. The van der Waals surface area contributed by atoms with Crippen molar-refractivity contribution >= 4 is 16.9 Å². The Morgan fingerprint density at radius 3 is 2.88 bits per heavy atom. The van der Waals surface area contributed by atoms with E-state index in [-0.39, 0.29) is 12.5 Å². The van der Waals surface area contributed by atoms with Crippen LogP contribution in [0.1, 0.15) is 56.7 Å². The standard InChI is InChI=1S/C19H27N3O2/c1-5-16-12(2)8-9-22(16)17(24)13-6-7-14-15(10-13)21-18(20-14)19(3,4)11-23/h6-7,10,12,16,23H,5,8-9,11H2,1-4H3,(H,20,21). The van der Waals surface area contributed by atoms with Gasteiger partial charge < -0.3 is 15.0 Å². The second-order valence-corrected chi connectivity index (χ2v) is 7.60. The van der Waals surface area contributed by atoms with Crippen LogP contribution in [0.3, 0.4) is 0 Å². The van der Waals surface area contributed by atoms with Crippen molar-refractivity contribution in [3.8, 4) is 0 Å². The number of carbonyl (C=O) groups excluding carboxylic acids is 1. The van der Waals surface area contributed by atoms with Gasteiger partial charge in [-0.15, -0.1) is 0 Å². The Bertz CT molecular complexity index is 750. The highest BCUT2D eigenvalue weighted by atomic mass is 16.3. The molecule has 0 radical (unpaired) electrons. The van der Waals surface area contributed by atoms with Gasteiger partial charge in [0.1, 0.15) is 5.82 Å². The summed E-state index contributed by atoms with van der Waals surface area (Å²) in [4.78, 5) is 22.8. The topological polar surface area (TPSA) is 69.2 Å². The fraction of sp³-hybridized carbons (Fsp3) is 0.579. The molecule has 0 saturated carbocycles. The molecular formula is C19H27N3O2. The number of nitrogens with one attached hydrogen (secondary N) is 1. The van der Waals surface area contributed by atoms with Crippen molar-refractivity contribution in [1.29, 1.82) is 0 Å². The van der Waals surface area contributed by atoms with Gasteiger partial charge in [0, 0.05) is 23.6 Å². The number of aromatic amines is 1. The van der Waals surface area contributed by atoms with Crippen molar-refractivity contribution in [2.75, 3.05) is 13.2 Å². The number of carbonyl (C=O) groups is 1. The lowest BCUT2D eigenvalue weighted by atomic mass is 9.94. The molecule has 24 heavy (non-hydrogen) atoms. The molecule has 5 heteroatoms. The van der Waals surface area contributed by atoms with Crippen LogP contribution in [0.5, 0.6) is 0 Å². The fourth-order valence-corrected chi connectivity index (χ4v) is 3.59. The van der Waals surface area contributed by atoms with Crippen LogP contribution in [-0.4, -0.2) is 45.1 Å². The number of imidazole rings is 1. The van der Waals surface area contributed by atoms with Gasteiger partial charge in [-0.25, -0.2) is 4.98 Å². The molecule has 1 aliphatic heterocycles. The smallest absolute Gasteiger partial charge is 0.254 e.